The van der Waals surface area contributed by atoms with Crippen LogP contribution in [0, 0.1) is 0 Å². The zero-order chi connectivity index (χ0) is 20.0. The summed E-state index contributed by atoms with van der Waals surface area (Å²) in [6, 6.07) is 13.2. The number of benzene rings is 1. The fourth-order valence-electron chi connectivity index (χ4n) is 2.54. The smallest absolute Gasteiger partial charge is 0.00809 e. The van der Waals surface area contributed by atoms with Gasteiger partial charge in [-0.05, 0) is 12.8 Å². The van der Waals surface area contributed by atoms with E-state index in [0.717, 1.165) is 9.52 Å². The van der Waals surface area contributed by atoms with Gasteiger partial charge in [0.1, 0.15) is 0 Å². The Morgan fingerprint density at radius 2 is 1.54 bits per heavy atom. The Morgan fingerprint density at radius 3 is 2.04 bits per heavy atom. The van der Waals surface area contributed by atoms with E-state index in [4.69, 9.17) is 24.3 Å². The van der Waals surface area contributed by atoms with Gasteiger partial charge >= 0.3 is 35.6 Å². The van der Waals surface area contributed by atoms with Crippen molar-refractivity contribution in [1.82, 2.24) is 0 Å². The normalized spacial score (nSPS) is 13.5. The summed E-state index contributed by atoms with van der Waals surface area (Å²) in [5, 5.41) is 2.79. The summed E-state index contributed by atoms with van der Waals surface area (Å²) in [7, 11) is 10.9. The maximum atomic E-state index is 6.94. The van der Waals surface area contributed by atoms with Crippen molar-refractivity contribution < 1.29 is 17.0 Å². The van der Waals surface area contributed by atoms with Gasteiger partial charge in [0.05, 0.1) is 0 Å². The van der Waals surface area contributed by atoms with Crippen molar-refractivity contribution in [3.05, 3.63) is 42.1 Å². The summed E-state index contributed by atoms with van der Waals surface area (Å²) >= 11 is -0.556. The van der Waals surface area contributed by atoms with E-state index in [0.29, 0.717) is 0 Å². The SMILES string of the molecule is CC(C)(C)[NH-].C[Si]C.[Cl][Ti][Cl].c1ccc2c(N3CCCCC3)c[cH-]c2c1. The minimum Gasteiger partial charge on any atom is -0.417 e. The fourth-order valence-corrected chi connectivity index (χ4v) is 2.54. The first kappa shape index (κ1) is 26.1. The van der Waals surface area contributed by atoms with Crippen LogP contribution in [-0.2, 0) is 17.0 Å². The molecule has 1 aliphatic heterocycles. The summed E-state index contributed by atoms with van der Waals surface area (Å²) < 4.78 is 0. The van der Waals surface area contributed by atoms with Gasteiger partial charge in [-0.3, -0.25) is 0 Å². The van der Waals surface area contributed by atoms with Crippen LogP contribution in [-0.4, -0.2) is 28.1 Å². The Labute approximate surface area is 179 Å². The van der Waals surface area contributed by atoms with Gasteiger partial charge in [-0.15, -0.1) is 46.6 Å². The molecule has 0 aromatic heterocycles. The third-order valence-electron chi connectivity index (χ3n) is 3.35. The van der Waals surface area contributed by atoms with Gasteiger partial charge in [0, 0.05) is 22.6 Å². The van der Waals surface area contributed by atoms with E-state index in [9.17, 15) is 0 Å². The number of halogens is 2. The second kappa shape index (κ2) is 15.1. The van der Waals surface area contributed by atoms with E-state index in [1.54, 1.807) is 0 Å². The fraction of sp³-hybridized carbons (Fsp3) is 0.550. The van der Waals surface area contributed by atoms with Crippen LogP contribution in [0.2, 0.25) is 13.1 Å². The molecule has 1 heterocycles. The van der Waals surface area contributed by atoms with Crippen LogP contribution in [0.4, 0.5) is 5.69 Å². The summed E-state index contributed by atoms with van der Waals surface area (Å²) in [6.45, 7) is 12.3. The quantitative estimate of drug-likeness (QED) is 0.328. The van der Waals surface area contributed by atoms with E-state index in [1.807, 2.05) is 20.8 Å². The molecule has 1 N–H and O–H groups in total. The molecular formula is C20H32Cl2N2SiTi-2. The molecule has 2 radical (unpaired) electrons. The second-order valence-corrected chi connectivity index (χ2v) is 10.8. The number of nitrogens with zero attached hydrogens (tertiary/aromatic N) is 1. The van der Waals surface area contributed by atoms with Crippen molar-refractivity contribution in [3.63, 3.8) is 0 Å². The third kappa shape index (κ3) is 12.5. The van der Waals surface area contributed by atoms with Crippen molar-refractivity contribution in [2.75, 3.05) is 18.0 Å². The minimum absolute atomic E-state index is 0.250. The number of hydrogen-bond acceptors (Lipinski definition) is 1. The first-order valence-electron chi connectivity index (χ1n) is 8.97. The number of fused-ring (bicyclic) bond motifs is 1. The largest absolute Gasteiger partial charge is 0.417 e. The van der Waals surface area contributed by atoms with Gasteiger partial charge in [-0.2, -0.15) is 0 Å². The molecule has 0 spiro atoms. The van der Waals surface area contributed by atoms with Crippen molar-refractivity contribution in [1.29, 1.82) is 0 Å². The van der Waals surface area contributed by atoms with Crippen LogP contribution >= 0.6 is 18.6 Å². The number of anilines is 1. The molecule has 2 nitrogen and oxygen atoms in total. The Morgan fingerprint density at radius 1 is 1.08 bits per heavy atom. The predicted molar refractivity (Wildman–Crippen MR) is 119 cm³/mol. The van der Waals surface area contributed by atoms with Crippen LogP contribution in [0.1, 0.15) is 40.0 Å². The predicted octanol–water partition coefficient (Wildman–Crippen LogP) is 7.55. The second-order valence-electron chi connectivity index (χ2n) is 7.17. The number of hydrogen-bond donors (Lipinski definition) is 0. The molecule has 6 heteroatoms. The van der Waals surface area contributed by atoms with Gasteiger partial charge in [-0.1, -0.05) is 52.0 Å². The molecule has 1 saturated heterocycles. The molecule has 1 aliphatic rings. The monoisotopic (exact) mass is 446 g/mol. The van der Waals surface area contributed by atoms with Gasteiger partial charge in [0.15, 0.2) is 0 Å². The van der Waals surface area contributed by atoms with Crippen molar-refractivity contribution in [3.8, 4) is 0 Å². The summed E-state index contributed by atoms with van der Waals surface area (Å²) in [5.74, 6) is 0. The minimum atomic E-state index is -0.556. The molecule has 0 amide bonds. The van der Waals surface area contributed by atoms with Crippen LogP contribution in [0.5, 0.6) is 0 Å². The first-order valence-corrected chi connectivity index (χ1v) is 15.3. The Kier molecular flexibility index (Phi) is 15.1. The average Bonchev–Trinajstić information content (AvgIpc) is 3.00. The number of piperidine rings is 1. The van der Waals surface area contributed by atoms with Gasteiger partial charge in [-0.25, -0.2) is 0 Å². The molecule has 2 aromatic rings. The van der Waals surface area contributed by atoms with Gasteiger partial charge in [0.25, 0.3) is 0 Å². The Balaban J connectivity index is 0.000000477. The van der Waals surface area contributed by atoms with Crippen molar-refractivity contribution >= 4 is 44.6 Å². The van der Waals surface area contributed by atoms with Crippen LogP contribution < -0.4 is 4.90 Å². The van der Waals surface area contributed by atoms with E-state index in [-0.39, 0.29) is 5.54 Å². The molecule has 0 aliphatic carbocycles. The van der Waals surface area contributed by atoms with Gasteiger partial charge in [0.2, 0.25) is 0 Å². The standard InChI is InChI=1S/C14H16N.C4H10N.C2H6Si.2ClH.Ti/c1-4-10-15(11-5-1)14-9-8-12-6-2-3-7-13(12)14;1-4(2,3)5;1-3-2;;;/h2-3,6-9H,1,4-5,10-11H2;5H,1-3H3;1-2H3;2*1H;/q2*-1;;;;+2/p-2. The summed E-state index contributed by atoms with van der Waals surface area (Å²) in [6.07, 6.45) is 4.09. The summed E-state index contributed by atoms with van der Waals surface area (Å²) in [4.78, 5) is 2.53. The Bertz CT molecular complexity index is 570. The van der Waals surface area contributed by atoms with E-state index in [1.165, 1.54) is 48.8 Å². The zero-order valence-electron chi connectivity index (χ0n) is 16.7. The molecule has 146 valence electrons. The average molecular weight is 447 g/mol. The molecule has 0 bridgehead atoms. The number of nitrogens with one attached hydrogen (secondary N) is 1. The number of rotatable bonds is 1. The van der Waals surface area contributed by atoms with Crippen LogP contribution in [0.25, 0.3) is 16.5 Å². The topological polar surface area (TPSA) is 27.0 Å². The molecule has 1 fully saturated rings. The van der Waals surface area contributed by atoms with Crippen LogP contribution in [0.15, 0.2) is 36.4 Å². The molecule has 2 aromatic carbocycles. The maximum absolute atomic E-state index is 6.94. The molecule has 0 atom stereocenters. The summed E-state index contributed by atoms with van der Waals surface area (Å²) in [5.41, 5.74) is 8.12. The van der Waals surface area contributed by atoms with Gasteiger partial charge < -0.3 is 10.6 Å². The van der Waals surface area contributed by atoms with E-state index in [2.05, 4.69) is 54.4 Å². The molecule has 0 unspecified atom stereocenters. The zero-order valence-corrected chi connectivity index (χ0v) is 20.8. The molecular weight excluding hydrogens is 415 g/mol. The van der Waals surface area contributed by atoms with E-state index >= 15 is 0 Å². The van der Waals surface area contributed by atoms with Crippen molar-refractivity contribution in [2.45, 2.75) is 58.7 Å². The molecule has 3 rings (SSSR count). The van der Waals surface area contributed by atoms with E-state index < -0.39 is 17.0 Å². The third-order valence-corrected chi connectivity index (χ3v) is 3.35. The van der Waals surface area contributed by atoms with Crippen molar-refractivity contribution in [2.24, 2.45) is 0 Å². The molecule has 26 heavy (non-hydrogen) atoms. The van der Waals surface area contributed by atoms with Crippen LogP contribution in [0.3, 0.4) is 0 Å². The maximum Gasteiger partial charge on any atom is 0.00809 e. The first-order chi connectivity index (χ1) is 12.3. The Hall–Kier alpha value is 0.101. The molecule has 0 saturated carbocycles.